The molecule has 2 aromatic carbocycles. The molecule has 0 aliphatic heterocycles. The number of non-ortho nitro benzene ring substituents is 1. The number of rotatable bonds is 5. The van der Waals surface area contributed by atoms with E-state index in [0.29, 0.717) is 22.6 Å². The smallest absolute Gasteiger partial charge is 0.269 e. The second-order valence-electron chi connectivity index (χ2n) is 4.29. The van der Waals surface area contributed by atoms with Gasteiger partial charge >= 0.3 is 0 Å². The fourth-order valence-electron chi connectivity index (χ4n) is 1.95. The summed E-state index contributed by atoms with van der Waals surface area (Å²) >= 11 is 0. The minimum absolute atomic E-state index is 0.0500. The molecule has 108 valence electrons. The third-order valence-corrected chi connectivity index (χ3v) is 3.08. The van der Waals surface area contributed by atoms with Gasteiger partial charge in [0.2, 0.25) is 0 Å². The molecule has 0 unspecified atom stereocenters. The number of nitro groups is 1. The molecule has 0 aliphatic rings. The minimum atomic E-state index is -0.501. The van der Waals surface area contributed by atoms with E-state index in [2.05, 4.69) is 5.32 Å². The van der Waals surface area contributed by atoms with Gasteiger partial charge in [0.25, 0.3) is 5.69 Å². The molecule has 0 saturated carbocycles. The summed E-state index contributed by atoms with van der Waals surface area (Å²) in [5.74, 6) is 0.340. The Hall–Kier alpha value is -2.89. The van der Waals surface area contributed by atoms with Crippen LogP contribution in [0.15, 0.2) is 42.5 Å². The highest BCUT2D eigenvalue weighted by Crippen LogP contribution is 2.25. The van der Waals surface area contributed by atoms with Gasteiger partial charge in [0.15, 0.2) is 5.78 Å². The van der Waals surface area contributed by atoms with E-state index in [0.717, 1.165) is 0 Å². The maximum Gasteiger partial charge on any atom is 0.269 e. The molecular formula is C15H14N2O4. The van der Waals surface area contributed by atoms with Crippen molar-refractivity contribution in [2.75, 3.05) is 19.5 Å². The molecule has 2 rings (SSSR count). The number of ketones is 1. The SMILES string of the molecule is CNc1ccc(OC)cc1C(=O)c1ccc([N+](=O)[O-])cc1. The topological polar surface area (TPSA) is 81.5 Å². The van der Waals surface area contributed by atoms with Crippen LogP contribution in [0, 0.1) is 10.1 Å². The van der Waals surface area contributed by atoms with E-state index in [1.807, 2.05) is 0 Å². The van der Waals surface area contributed by atoms with Crippen molar-refractivity contribution in [1.29, 1.82) is 0 Å². The largest absolute Gasteiger partial charge is 0.497 e. The number of nitro benzene ring substituents is 1. The van der Waals surface area contributed by atoms with Gasteiger partial charge in [0.1, 0.15) is 5.75 Å². The highest BCUT2D eigenvalue weighted by Gasteiger charge is 2.15. The summed E-state index contributed by atoms with van der Waals surface area (Å²) in [7, 11) is 3.24. The molecular weight excluding hydrogens is 272 g/mol. The van der Waals surface area contributed by atoms with Crippen LogP contribution in [-0.2, 0) is 0 Å². The van der Waals surface area contributed by atoms with Crippen LogP contribution in [-0.4, -0.2) is 24.9 Å². The molecule has 2 aromatic rings. The quantitative estimate of drug-likeness (QED) is 0.519. The molecule has 0 aliphatic carbocycles. The number of nitrogens with one attached hydrogen (secondary N) is 1. The number of anilines is 1. The first kappa shape index (κ1) is 14.5. The van der Waals surface area contributed by atoms with Gasteiger partial charge in [-0.15, -0.1) is 0 Å². The fraction of sp³-hybridized carbons (Fsp3) is 0.133. The van der Waals surface area contributed by atoms with E-state index in [-0.39, 0.29) is 11.5 Å². The maximum atomic E-state index is 12.5. The van der Waals surface area contributed by atoms with Crippen molar-refractivity contribution in [2.24, 2.45) is 0 Å². The lowest BCUT2D eigenvalue weighted by Crippen LogP contribution is -2.06. The van der Waals surface area contributed by atoms with Crippen LogP contribution in [0.5, 0.6) is 5.75 Å². The number of benzene rings is 2. The number of carbonyl (C=O) groups is 1. The highest BCUT2D eigenvalue weighted by atomic mass is 16.6. The molecule has 0 amide bonds. The predicted octanol–water partition coefficient (Wildman–Crippen LogP) is 2.88. The third kappa shape index (κ3) is 3.00. The standard InChI is InChI=1S/C15H14N2O4/c1-16-14-8-7-12(21-2)9-13(14)15(18)10-3-5-11(6-4-10)17(19)20/h3-9,16H,1-2H3. The van der Waals surface area contributed by atoms with Gasteiger partial charge in [-0.2, -0.15) is 0 Å². The van der Waals surface area contributed by atoms with Crippen LogP contribution in [0.4, 0.5) is 11.4 Å². The molecule has 21 heavy (non-hydrogen) atoms. The fourth-order valence-corrected chi connectivity index (χ4v) is 1.95. The van der Waals surface area contributed by atoms with Crippen molar-refractivity contribution in [3.63, 3.8) is 0 Å². The van der Waals surface area contributed by atoms with Gasteiger partial charge in [-0.25, -0.2) is 0 Å². The van der Waals surface area contributed by atoms with E-state index in [1.54, 1.807) is 25.2 Å². The van der Waals surface area contributed by atoms with Gasteiger partial charge in [-0.05, 0) is 30.3 Å². The van der Waals surface area contributed by atoms with Crippen molar-refractivity contribution < 1.29 is 14.5 Å². The molecule has 0 spiro atoms. The first-order chi connectivity index (χ1) is 10.1. The Bertz CT molecular complexity index is 681. The normalized spacial score (nSPS) is 10.0. The Balaban J connectivity index is 2.41. The summed E-state index contributed by atoms with van der Waals surface area (Å²) in [6, 6.07) is 10.6. The van der Waals surface area contributed by atoms with Crippen molar-refractivity contribution in [2.45, 2.75) is 0 Å². The second-order valence-corrected chi connectivity index (χ2v) is 4.29. The van der Waals surface area contributed by atoms with E-state index in [4.69, 9.17) is 4.74 Å². The van der Waals surface area contributed by atoms with E-state index in [1.165, 1.54) is 31.4 Å². The van der Waals surface area contributed by atoms with E-state index < -0.39 is 4.92 Å². The van der Waals surface area contributed by atoms with Crippen molar-refractivity contribution in [3.8, 4) is 5.75 Å². The van der Waals surface area contributed by atoms with Gasteiger partial charge in [-0.1, -0.05) is 0 Å². The summed E-state index contributed by atoms with van der Waals surface area (Å²) in [5.41, 5.74) is 1.45. The highest BCUT2D eigenvalue weighted by molar-refractivity contribution is 6.12. The Kier molecular flexibility index (Phi) is 4.18. The molecule has 0 aromatic heterocycles. The lowest BCUT2D eigenvalue weighted by Gasteiger charge is -2.10. The molecule has 0 atom stereocenters. The lowest BCUT2D eigenvalue weighted by molar-refractivity contribution is -0.384. The molecule has 0 radical (unpaired) electrons. The minimum Gasteiger partial charge on any atom is -0.497 e. The maximum absolute atomic E-state index is 12.5. The molecule has 6 heteroatoms. The number of carbonyl (C=O) groups excluding carboxylic acids is 1. The van der Waals surface area contributed by atoms with Crippen molar-refractivity contribution in [3.05, 3.63) is 63.7 Å². The Morgan fingerprint density at radius 2 is 1.86 bits per heavy atom. The van der Waals surface area contributed by atoms with Crippen LogP contribution in [0.2, 0.25) is 0 Å². The zero-order chi connectivity index (χ0) is 15.4. The summed E-state index contributed by atoms with van der Waals surface area (Å²) in [5, 5.41) is 13.6. The number of methoxy groups -OCH3 is 1. The van der Waals surface area contributed by atoms with Crippen molar-refractivity contribution in [1.82, 2.24) is 0 Å². The van der Waals surface area contributed by atoms with Crippen LogP contribution in [0.25, 0.3) is 0 Å². The number of hydrogen-bond donors (Lipinski definition) is 1. The van der Waals surface area contributed by atoms with Crippen LogP contribution in [0.1, 0.15) is 15.9 Å². The van der Waals surface area contributed by atoms with Crippen LogP contribution >= 0.6 is 0 Å². The first-order valence-corrected chi connectivity index (χ1v) is 6.21. The zero-order valence-electron chi connectivity index (χ0n) is 11.6. The van der Waals surface area contributed by atoms with Gasteiger partial charge in [-0.3, -0.25) is 14.9 Å². The van der Waals surface area contributed by atoms with Gasteiger partial charge in [0, 0.05) is 36.0 Å². The van der Waals surface area contributed by atoms with Gasteiger partial charge < -0.3 is 10.1 Å². The van der Waals surface area contributed by atoms with Gasteiger partial charge in [0.05, 0.1) is 12.0 Å². The monoisotopic (exact) mass is 286 g/mol. The average molecular weight is 286 g/mol. The summed E-state index contributed by atoms with van der Waals surface area (Å²) in [6.07, 6.45) is 0. The molecule has 0 heterocycles. The van der Waals surface area contributed by atoms with Crippen LogP contribution in [0.3, 0.4) is 0 Å². The van der Waals surface area contributed by atoms with Crippen molar-refractivity contribution >= 4 is 17.2 Å². The molecule has 0 bridgehead atoms. The average Bonchev–Trinajstić information content (AvgIpc) is 2.53. The molecule has 0 saturated heterocycles. The van der Waals surface area contributed by atoms with E-state index >= 15 is 0 Å². The van der Waals surface area contributed by atoms with E-state index in [9.17, 15) is 14.9 Å². The second kappa shape index (κ2) is 6.04. The number of hydrogen-bond acceptors (Lipinski definition) is 5. The third-order valence-electron chi connectivity index (χ3n) is 3.08. The number of ether oxygens (including phenoxy) is 1. The molecule has 6 nitrogen and oxygen atoms in total. The Morgan fingerprint density at radius 3 is 2.38 bits per heavy atom. The van der Waals surface area contributed by atoms with Crippen LogP contribution < -0.4 is 10.1 Å². The summed E-state index contributed by atoms with van der Waals surface area (Å²) in [4.78, 5) is 22.6. The Labute approximate surface area is 121 Å². The predicted molar refractivity (Wildman–Crippen MR) is 79.1 cm³/mol. The Morgan fingerprint density at radius 1 is 1.19 bits per heavy atom. The lowest BCUT2D eigenvalue weighted by atomic mass is 10.0. The summed E-state index contributed by atoms with van der Waals surface area (Å²) < 4.78 is 5.12. The zero-order valence-corrected chi connectivity index (χ0v) is 11.6. The number of nitrogens with zero attached hydrogens (tertiary/aromatic N) is 1. The molecule has 1 N–H and O–H groups in total. The first-order valence-electron chi connectivity index (χ1n) is 6.21. The molecule has 0 fully saturated rings. The summed E-state index contributed by atoms with van der Waals surface area (Å²) in [6.45, 7) is 0.